The zero-order valence-corrected chi connectivity index (χ0v) is 42.9. The van der Waals surface area contributed by atoms with E-state index in [9.17, 15) is 71.5 Å². The van der Waals surface area contributed by atoms with Crippen molar-refractivity contribution >= 4 is 0 Å². The number of aliphatic hydroxyl groups excluding tert-OH is 14. The molecule has 4 saturated heterocycles. The number of aliphatic hydroxyl groups is 14. The molecular weight excluding hydrogens is 981 g/mol. The van der Waals surface area contributed by atoms with Gasteiger partial charge in [0.25, 0.3) is 0 Å². The van der Waals surface area contributed by atoms with Crippen molar-refractivity contribution in [2.75, 3.05) is 26.4 Å². The normalized spacial score (nSPS) is 53.9. The van der Waals surface area contributed by atoms with E-state index in [1.807, 2.05) is 6.92 Å². The molecule has 0 bridgehead atoms. The second kappa shape index (κ2) is 22.7. The molecule has 23 heteroatoms. The predicted molar refractivity (Wildman–Crippen MR) is 250 cm³/mol. The molecule has 426 valence electrons. The smallest absolute Gasteiger partial charge is 0.187 e. The molecule has 74 heavy (non-hydrogen) atoms. The quantitative estimate of drug-likeness (QED) is 0.0727. The molecule has 5 aliphatic heterocycles. The fraction of sp³-hybridized carbons (Fsp3) is 0.961. The first-order valence-corrected chi connectivity index (χ1v) is 26.9. The fourth-order valence-corrected chi connectivity index (χ4v) is 15.2. The zero-order chi connectivity index (χ0) is 53.5. The molecular formula is C51H84O23. The lowest BCUT2D eigenvalue weighted by molar-refractivity contribution is -0.392. The van der Waals surface area contributed by atoms with Crippen LogP contribution in [0.4, 0.5) is 0 Å². The van der Waals surface area contributed by atoms with Crippen LogP contribution in [0, 0.1) is 46.3 Å². The molecule has 0 aromatic carbocycles. The molecule has 0 amide bonds. The van der Waals surface area contributed by atoms with Gasteiger partial charge in [-0.25, -0.2) is 0 Å². The van der Waals surface area contributed by atoms with Crippen LogP contribution >= 0.6 is 0 Å². The molecule has 0 radical (unpaired) electrons. The van der Waals surface area contributed by atoms with Gasteiger partial charge in [0.15, 0.2) is 25.2 Å². The number of hydrogen-bond donors (Lipinski definition) is 14. The van der Waals surface area contributed by atoms with E-state index in [0.29, 0.717) is 37.0 Å². The Morgan fingerprint density at radius 2 is 1.18 bits per heavy atom. The van der Waals surface area contributed by atoms with Crippen LogP contribution in [0.3, 0.4) is 0 Å². The van der Waals surface area contributed by atoms with Gasteiger partial charge in [0.1, 0.15) is 97.7 Å². The average Bonchev–Trinajstić information content (AvgIpc) is 3.86. The van der Waals surface area contributed by atoms with E-state index in [-0.39, 0.29) is 41.3 Å². The van der Waals surface area contributed by atoms with Gasteiger partial charge in [-0.05, 0) is 111 Å². The van der Waals surface area contributed by atoms with Gasteiger partial charge < -0.3 is 114 Å². The van der Waals surface area contributed by atoms with E-state index in [1.165, 1.54) is 12.5 Å². The first-order chi connectivity index (χ1) is 35.1. The summed E-state index contributed by atoms with van der Waals surface area (Å²) in [6.07, 6.45) is -25.6. The zero-order valence-electron chi connectivity index (χ0n) is 42.9. The Morgan fingerprint density at radius 3 is 1.82 bits per heavy atom. The van der Waals surface area contributed by atoms with Crippen LogP contribution < -0.4 is 0 Å². The lowest BCUT2D eigenvalue weighted by Gasteiger charge is -2.61. The van der Waals surface area contributed by atoms with Gasteiger partial charge in [-0.15, -0.1) is 0 Å². The molecule has 4 saturated carbocycles. The molecule has 0 aromatic rings. The van der Waals surface area contributed by atoms with Gasteiger partial charge in [0.05, 0.1) is 50.5 Å². The Labute approximate surface area is 430 Å². The standard InChI is InChI=1S/C51H84O23/c1-19(18-66-46-40(62)38(60)35(57)30(15-52)70-46)6-9-27-20(2)33-29(68-27)13-25-23-8-7-22-12-28(26(55)14-51(22,5)24(23)10-11-50(25,33)4)69-49-45(74-47-41(63)37(59)34(56)21(3)67-47)43(65)44(32(17-54)72-49)73-48-42(64)39(61)36(58)31(16-53)71-48/h19,21-26,28-49,52-65H,6-18H2,1-5H3. The number of allylic oxidation sites excluding steroid dienone is 1. The number of rotatable bonds is 15. The van der Waals surface area contributed by atoms with Crippen LogP contribution in [0.1, 0.15) is 92.4 Å². The molecule has 23 nitrogen and oxygen atoms in total. The highest BCUT2D eigenvalue weighted by atomic mass is 16.8. The van der Waals surface area contributed by atoms with Crippen molar-refractivity contribution in [3.63, 3.8) is 0 Å². The monoisotopic (exact) mass is 1060 g/mol. The Morgan fingerprint density at radius 1 is 0.595 bits per heavy atom. The maximum Gasteiger partial charge on any atom is 0.187 e. The van der Waals surface area contributed by atoms with Crippen molar-refractivity contribution < 1.29 is 114 Å². The Balaban J connectivity index is 0.850. The Bertz CT molecular complexity index is 1910. The minimum Gasteiger partial charge on any atom is -0.494 e. The lowest BCUT2D eigenvalue weighted by Crippen LogP contribution is -2.67. The maximum absolute atomic E-state index is 12.1. The summed E-state index contributed by atoms with van der Waals surface area (Å²) in [7, 11) is 0. The van der Waals surface area contributed by atoms with E-state index in [0.717, 1.165) is 44.3 Å². The third kappa shape index (κ3) is 10.3. The minimum absolute atomic E-state index is 0.0148. The summed E-state index contributed by atoms with van der Waals surface area (Å²) < 4.78 is 54.4. The average molecular weight is 1070 g/mol. The van der Waals surface area contributed by atoms with E-state index >= 15 is 0 Å². The SMILES string of the molecule is CC1=C(CCC(C)COC2OC(CO)C(O)C(O)C2O)OC2CC3C4CCC5CC(OC6OC(CO)C(OC7OC(CO)C(O)C(O)C7O)C(O)C6OC6OC(C)C(O)C(O)C6O)C(O)CC5(C)C4CCC3(C)C12. The largest absolute Gasteiger partial charge is 0.494 e. The topological polar surface area (TPSA) is 366 Å². The molecule has 4 aliphatic carbocycles. The number of ether oxygens (including phenoxy) is 9. The van der Waals surface area contributed by atoms with Crippen molar-refractivity contribution in [2.45, 2.75) is 234 Å². The van der Waals surface area contributed by atoms with Crippen molar-refractivity contribution in [3.05, 3.63) is 11.3 Å². The molecule has 5 heterocycles. The number of hydrogen-bond acceptors (Lipinski definition) is 23. The minimum atomic E-state index is -1.87. The molecule has 31 atom stereocenters. The van der Waals surface area contributed by atoms with Crippen LogP contribution in [-0.4, -0.2) is 239 Å². The molecule has 31 unspecified atom stereocenters. The van der Waals surface area contributed by atoms with Crippen LogP contribution in [0.2, 0.25) is 0 Å². The summed E-state index contributed by atoms with van der Waals surface area (Å²) in [5.41, 5.74) is 1.05. The van der Waals surface area contributed by atoms with E-state index < -0.39 is 155 Å². The summed E-state index contributed by atoms with van der Waals surface area (Å²) in [6, 6.07) is 0. The predicted octanol–water partition coefficient (Wildman–Crippen LogP) is -3.01. The Kier molecular flexibility index (Phi) is 17.6. The highest BCUT2D eigenvalue weighted by Crippen LogP contribution is 2.70. The fourth-order valence-electron chi connectivity index (χ4n) is 15.2. The van der Waals surface area contributed by atoms with Gasteiger partial charge >= 0.3 is 0 Å². The van der Waals surface area contributed by atoms with Crippen molar-refractivity contribution in [3.8, 4) is 0 Å². The van der Waals surface area contributed by atoms with Crippen molar-refractivity contribution in [1.29, 1.82) is 0 Å². The molecule has 8 fully saturated rings. The second-order valence-corrected chi connectivity index (χ2v) is 23.8. The van der Waals surface area contributed by atoms with E-state index in [4.69, 9.17) is 42.6 Å². The first-order valence-electron chi connectivity index (χ1n) is 26.9. The first kappa shape index (κ1) is 57.3. The van der Waals surface area contributed by atoms with Crippen LogP contribution in [0.25, 0.3) is 0 Å². The van der Waals surface area contributed by atoms with Crippen molar-refractivity contribution in [1.82, 2.24) is 0 Å². The molecule has 0 spiro atoms. The lowest BCUT2D eigenvalue weighted by atomic mass is 9.44. The van der Waals surface area contributed by atoms with E-state index in [2.05, 4.69) is 20.8 Å². The third-order valence-corrected chi connectivity index (χ3v) is 19.5. The van der Waals surface area contributed by atoms with Crippen LogP contribution in [0.15, 0.2) is 11.3 Å². The van der Waals surface area contributed by atoms with Gasteiger partial charge in [-0.2, -0.15) is 0 Å². The molecule has 9 aliphatic rings. The summed E-state index contributed by atoms with van der Waals surface area (Å²) in [6.45, 7) is 8.55. The highest BCUT2D eigenvalue weighted by molar-refractivity contribution is 5.27. The van der Waals surface area contributed by atoms with Crippen molar-refractivity contribution in [2.24, 2.45) is 46.3 Å². The molecule has 9 rings (SSSR count). The van der Waals surface area contributed by atoms with Gasteiger partial charge in [-0.3, -0.25) is 0 Å². The Hall–Kier alpha value is -1.34. The second-order valence-electron chi connectivity index (χ2n) is 23.8. The van der Waals surface area contributed by atoms with E-state index in [1.54, 1.807) is 0 Å². The van der Waals surface area contributed by atoms with Gasteiger partial charge in [0, 0.05) is 12.3 Å². The molecule has 14 N–H and O–H groups in total. The summed E-state index contributed by atoms with van der Waals surface area (Å²) in [5.74, 6) is 2.59. The maximum atomic E-state index is 12.1. The summed E-state index contributed by atoms with van der Waals surface area (Å²) in [5, 5.41) is 149. The molecule has 0 aromatic heterocycles. The summed E-state index contributed by atoms with van der Waals surface area (Å²) >= 11 is 0. The highest BCUT2D eigenvalue weighted by Gasteiger charge is 2.66. The van der Waals surface area contributed by atoms with Gasteiger partial charge in [-0.1, -0.05) is 20.8 Å². The summed E-state index contributed by atoms with van der Waals surface area (Å²) in [4.78, 5) is 0. The van der Waals surface area contributed by atoms with Crippen LogP contribution in [0.5, 0.6) is 0 Å². The third-order valence-electron chi connectivity index (χ3n) is 19.5. The van der Waals surface area contributed by atoms with Crippen LogP contribution in [-0.2, 0) is 42.6 Å². The van der Waals surface area contributed by atoms with Gasteiger partial charge in [0.2, 0.25) is 0 Å². The number of fused-ring (bicyclic) bond motifs is 7.